The van der Waals surface area contributed by atoms with Crippen LogP contribution >= 0.6 is 0 Å². The summed E-state index contributed by atoms with van der Waals surface area (Å²) in [5.41, 5.74) is 4.64. The quantitative estimate of drug-likeness (QED) is 0.0446. The number of carbonyl (C=O) groups excluding carboxylic acids is 11. The van der Waals surface area contributed by atoms with Crippen LogP contribution in [0.2, 0.25) is 0 Å². The third-order valence-electron chi connectivity index (χ3n) is 11.6. The van der Waals surface area contributed by atoms with Crippen LogP contribution in [-0.2, 0) is 59.3 Å². The number of hydroxylamine groups is 1. The molecular weight excluding hydrogens is 1030 g/mol. The molecule has 0 bridgehead atoms. The molecule has 1 fully saturated rings. The lowest BCUT2D eigenvalue weighted by Gasteiger charge is -2.25. The highest BCUT2D eigenvalue weighted by molar-refractivity contribution is 6.01. The van der Waals surface area contributed by atoms with E-state index in [4.69, 9.17) is 4.74 Å². The first-order valence-corrected chi connectivity index (χ1v) is 27.3. The van der Waals surface area contributed by atoms with Gasteiger partial charge >= 0.3 is 5.97 Å². The molecule has 2 aliphatic rings. The van der Waals surface area contributed by atoms with Gasteiger partial charge in [0.1, 0.15) is 47.7 Å². The van der Waals surface area contributed by atoms with Gasteiger partial charge in [-0.2, -0.15) is 5.48 Å². The predicted octanol–water partition coefficient (Wildman–Crippen LogP) is 12.4. The average molecular weight is 1130 g/mol. The molecule has 0 spiro atoms. The Labute approximate surface area is 483 Å². The Kier molecular flexibility index (Phi) is 43.4. The molecule has 3 aromatic carbocycles. The molecule has 3 atom stereocenters. The summed E-state index contributed by atoms with van der Waals surface area (Å²) < 4.78 is 4.88. The van der Waals surface area contributed by atoms with Gasteiger partial charge < -0.3 is 14.7 Å². The van der Waals surface area contributed by atoms with Crippen LogP contribution in [0.3, 0.4) is 0 Å². The van der Waals surface area contributed by atoms with Crippen LogP contribution < -0.4 is 5.48 Å². The van der Waals surface area contributed by atoms with Crippen molar-refractivity contribution in [2.45, 2.75) is 187 Å². The van der Waals surface area contributed by atoms with Crippen LogP contribution in [0.4, 0.5) is 0 Å². The Morgan fingerprint density at radius 1 is 0.691 bits per heavy atom. The van der Waals surface area contributed by atoms with E-state index in [2.05, 4.69) is 10.3 Å². The van der Waals surface area contributed by atoms with E-state index in [-0.39, 0.29) is 100 Å². The summed E-state index contributed by atoms with van der Waals surface area (Å²) in [4.78, 5) is 123. The largest absolute Gasteiger partial charge is 0.460 e. The lowest BCUT2D eigenvalue weighted by atomic mass is 9.76. The van der Waals surface area contributed by atoms with Crippen LogP contribution in [-0.4, -0.2) is 88.2 Å². The van der Waals surface area contributed by atoms with Gasteiger partial charge in [-0.25, -0.2) is 0 Å². The zero-order valence-electron chi connectivity index (χ0n) is 51.3. The number of esters is 1. The van der Waals surface area contributed by atoms with E-state index >= 15 is 0 Å². The number of benzene rings is 3. The van der Waals surface area contributed by atoms with E-state index in [0.29, 0.717) is 24.8 Å². The van der Waals surface area contributed by atoms with Crippen molar-refractivity contribution < 1.29 is 67.4 Å². The van der Waals surface area contributed by atoms with Gasteiger partial charge in [-0.3, -0.25) is 52.7 Å². The Morgan fingerprint density at radius 2 is 1.19 bits per heavy atom. The van der Waals surface area contributed by atoms with E-state index in [9.17, 15) is 57.8 Å². The second kappa shape index (κ2) is 44.9. The van der Waals surface area contributed by atoms with Crippen LogP contribution in [0.5, 0.6) is 0 Å². The summed E-state index contributed by atoms with van der Waals surface area (Å²) in [5, 5.41) is 9.80. The van der Waals surface area contributed by atoms with Crippen molar-refractivity contribution >= 4 is 63.8 Å². The fraction of sp³-hybridized carbons (Fsp3) is 0.500. The summed E-state index contributed by atoms with van der Waals surface area (Å²) in [6.07, 6.45) is 12.4. The monoisotopic (exact) mass is 1130 g/mol. The number of nitrogens with one attached hydrogen (secondary N) is 1. The zero-order valence-corrected chi connectivity index (χ0v) is 51.3. The highest BCUT2D eigenvalue weighted by Crippen LogP contribution is 2.29. The SMILES string of the molecule is C/C=C/C(C)=O.CC(=O)C(C(C)=O)C1CCCC(=O)C1.CC(=O)C(C)(C)C.CC(=O)CC(=O)OCc1ccccc1.CC(=O)c1ccccc1.CC(C)(C)C(O)CC(=O)c1ccccc1.CONC(C)CC(C)=O.O=C1C=CCCC1. The first-order valence-electron chi connectivity index (χ1n) is 27.3. The second-order valence-corrected chi connectivity index (χ2v) is 21.7. The number of aliphatic hydroxyl groups is 1. The molecule has 2 N–H and O–H groups in total. The molecule has 0 aromatic heterocycles. The maximum absolute atomic E-state index is 11.7. The maximum atomic E-state index is 11.7. The highest BCUT2D eigenvalue weighted by Gasteiger charge is 2.33. The van der Waals surface area contributed by atoms with Crippen molar-refractivity contribution in [2.24, 2.45) is 22.7 Å². The minimum absolute atomic E-state index is 0.00183. The number of ketones is 10. The summed E-state index contributed by atoms with van der Waals surface area (Å²) in [6, 6.07) is 27.8. The molecule has 1 saturated carbocycles. The standard InChI is InChI=1S/C13H18O2.C11H16O3.C11H12O3.C8H8O.C6H13NO2.C6H8O.C6H12O.C5H8O/c1-13(2,3)12(15)9-11(14)10-7-5-4-6-8-10;1-7(12)11(8(2)13)9-4-3-5-10(14)6-9;1-9(12)7-11(13)14-8-10-5-3-2-4-6-10;1-7(9)8-5-3-2-4-6-8;1-5(7-9-3)4-6(2)8;7-6-4-2-1-3-5-6;1-5(7)6(2,3)4;1-3-4-5(2)6/h4-8,12,15H,9H2,1-3H3;9,11H,3-6H2,1-2H3;2-6H,7-8H2,1H3;2-6H,1H3;5,7H,4H2,1-3H3;2,4H,1,3,5H2;1-4H3;3-4H,1-2H3/b;;;;;;;4-3+. The Bertz CT molecular complexity index is 2410. The number of carbonyl (C=O) groups is 11. The molecule has 3 unspecified atom stereocenters. The molecular formula is C66H95NO14. The van der Waals surface area contributed by atoms with Crippen molar-refractivity contribution in [3.63, 3.8) is 0 Å². The van der Waals surface area contributed by atoms with Crippen LogP contribution in [0.1, 0.15) is 194 Å². The first kappa shape index (κ1) is 78.4. The van der Waals surface area contributed by atoms with Gasteiger partial charge in [0.25, 0.3) is 0 Å². The van der Waals surface area contributed by atoms with Gasteiger partial charge in [-0.1, -0.05) is 145 Å². The van der Waals surface area contributed by atoms with E-state index < -0.39 is 18.0 Å². The number of ether oxygens (including phenoxy) is 1. The van der Waals surface area contributed by atoms with Gasteiger partial charge in [0.2, 0.25) is 0 Å². The molecule has 3 aromatic rings. The fourth-order valence-electron chi connectivity index (χ4n) is 6.78. The van der Waals surface area contributed by atoms with E-state index in [1.807, 2.05) is 140 Å². The van der Waals surface area contributed by atoms with Gasteiger partial charge in [-0.15, -0.1) is 0 Å². The Morgan fingerprint density at radius 3 is 1.51 bits per heavy atom. The molecule has 5 rings (SSSR count). The summed E-state index contributed by atoms with van der Waals surface area (Å²) in [6.45, 7) is 26.0. The van der Waals surface area contributed by atoms with E-state index in [0.717, 1.165) is 43.2 Å². The van der Waals surface area contributed by atoms with Crippen LogP contribution in [0.25, 0.3) is 0 Å². The number of allylic oxidation sites excluding steroid dienone is 4. The molecule has 0 radical (unpaired) electrons. The van der Waals surface area contributed by atoms with Gasteiger partial charge in [0, 0.05) is 54.7 Å². The topological polar surface area (TPSA) is 238 Å². The fourth-order valence-corrected chi connectivity index (χ4v) is 6.78. The molecule has 15 nitrogen and oxygen atoms in total. The van der Waals surface area contributed by atoms with E-state index in [1.165, 1.54) is 40.9 Å². The van der Waals surface area contributed by atoms with E-state index in [1.54, 1.807) is 45.1 Å². The second-order valence-electron chi connectivity index (χ2n) is 21.7. The minimum atomic E-state index is -0.592. The van der Waals surface area contributed by atoms with Crippen molar-refractivity contribution in [1.82, 2.24) is 5.48 Å². The molecule has 81 heavy (non-hydrogen) atoms. The molecule has 15 heteroatoms. The average Bonchev–Trinajstić information content (AvgIpc) is 3.37. The third kappa shape index (κ3) is 45.6. The molecule has 2 aliphatic carbocycles. The van der Waals surface area contributed by atoms with Crippen molar-refractivity contribution in [1.29, 1.82) is 0 Å². The van der Waals surface area contributed by atoms with Gasteiger partial charge in [-0.05, 0) is 117 Å². The summed E-state index contributed by atoms with van der Waals surface area (Å²) in [5.74, 6) is -0.310. The lowest BCUT2D eigenvalue weighted by Crippen LogP contribution is -2.32. The van der Waals surface area contributed by atoms with Gasteiger partial charge in [0.15, 0.2) is 23.1 Å². The number of Topliss-reactive ketones (excluding diaryl/α,β-unsaturated/α-hetero) is 8. The zero-order chi connectivity index (χ0) is 62.7. The first-order chi connectivity index (χ1) is 37.7. The van der Waals surface area contributed by atoms with Crippen LogP contribution in [0, 0.1) is 22.7 Å². The Hall–Kier alpha value is -6.81. The highest BCUT2D eigenvalue weighted by atomic mass is 16.6. The lowest BCUT2D eigenvalue weighted by molar-refractivity contribution is -0.147. The number of hydrogen-bond donors (Lipinski definition) is 2. The molecule has 0 aliphatic heterocycles. The van der Waals surface area contributed by atoms with Crippen molar-refractivity contribution in [3.05, 3.63) is 132 Å². The molecule has 0 heterocycles. The maximum Gasteiger partial charge on any atom is 0.313 e. The van der Waals surface area contributed by atoms with Crippen molar-refractivity contribution in [2.75, 3.05) is 7.11 Å². The predicted molar refractivity (Wildman–Crippen MR) is 319 cm³/mol. The smallest absolute Gasteiger partial charge is 0.313 e. The summed E-state index contributed by atoms with van der Waals surface area (Å²) >= 11 is 0. The Balaban J connectivity index is -0.000000876. The van der Waals surface area contributed by atoms with Gasteiger partial charge in [0.05, 0.1) is 19.1 Å². The van der Waals surface area contributed by atoms with Crippen LogP contribution in [0.15, 0.2) is 115 Å². The summed E-state index contributed by atoms with van der Waals surface area (Å²) in [7, 11) is 1.54. The molecule has 0 amide bonds. The molecule has 448 valence electrons. The number of aliphatic hydroxyl groups excluding tert-OH is 1. The van der Waals surface area contributed by atoms with Crippen molar-refractivity contribution in [3.8, 4) is 0 Å². The minimum Gasteiger partial charge on any atom is -0.460 e. The number of rotatable bonds is 16. The molecule has 0 saturated heterocycles. The third-order valence-corrected chi connectivity index (χ3v) is 11.6. The number of hydrogen-bond acceptors (Lipinski definition) is 15. The normalized spacial score (nSPS) is 14.0.